The number of aliphatic hydroxyl groups is 1. The van der Waals surface area contributed by atoms with Crippen LogP contribution in [0.15, 0.2) is 0 Å². The lowest BCUT2D eigenvalue weighted by Crippen LogP contribution is -2.36. The van der Waals surface area contributed by atoms with Gasteiger partial charge in [0.25, 0.3) is 0 Å². The predicted octanol–water partition coefficient (Wildman–Crippen LogP) is 0.333. The maximum Gasteiger partial charge on any atom is 0.211 e. The molecule has 13 heavy (non-hydrogen) atoms. The molecule has 0 unspecified atom stereocenters. The smallest absolute Gasteiger partial charge is 0.211 e. The molecule has 0 heterocycles. The molecule has 0 aromatic carbocycles. The summed E-state index contributed by atoms with van der Waals surface area (Å²) in [5, 5.41) is 8.65. The van der Waals surface area contributed by atoms with Gasteiger partial charge in [0.2, 0.25) is 10.0 Å². The minimum atomic E-state index is -3.20. The molecular weight excluding hydrogens is 190 g/mol. The maximum atomic E-state index is 11.3. The maximum absolute atomic E-state index is 11.3. The van der Waals surface area contributed by atoms with Gasteiger partial charge in [0.05, 0.1) is 12.4 Å². The van der Waals surface area contributed by atoms with E-state index in [2.05, 4.69) is 4.72 Å². The van der Waals surface area contributed by atoms with Crippen LogP contribution < -0.4 is 4.72 Å². The van der Waals surface area contributed by atoms with Gasteiger partial charge in [-0.25, -0.2) is 13.1 Å². The van der Waals surface area contributed by atoms with Crippen molar-refractivity contribution in [3.05, 3.63) is 0 Å². The Hall–Kier alpha value is -0.130. The first-order chi connectivity index (χ1) is 5.87. The molecule has 0 aliphatic heterocycles. The highest BCUT2D eigenvalue weighted by Gasteiger charge is 2.13. The lowest BCUT2D eigenvalue weighted by molar-refractivity contribution is 0.265. The average Bonchev–Trinajstić information content (AvgIpc) is 2.00. The highest BCUT2D eigenvalue weighted by atomic mass is 32.2. The first-order valence-electron chi connectivity index (χ1n) is 4.48. The topological polar surface area (TPSA) is 66.4 Å². The SMILES string of the molecule is CC(C)CCS(=O)(=O)N[C@@H](C)CO. The predicted molar refractivity (Wildman–Crippen MR) is 52.9 cm³/mol. The van der Waals surface area contributed by atoms with Crippen LogP contribution in [0.5, 0.6) is 0 Å². The number of sulfonamides is 1. The van der Waals surface area contributed by atoms with Gasteiger partial charge >= 0.3 is 0 Å². The first-order valence-corrected chi connectivity index (χ1v) is 6.13. The van der Waals surface area contributed by atoms with Gasteiger partial charge in [0.1, 0.15) is 0 Å². The molecule has 0 bridgehead atoms. The van der Waals surface area contributed by atoms with Gasteiger partial charge in [-0.05, 0) is 19.3 Å². The number of rotatable bonds is 6. The standard InChI is InChI=1S/C8H19NO3S/c1-7(2)4-5-13(11,12)9-8(3)6-10/h7-10H,4-6H2,1-3H3/t8-/m0/s1. The minimum Gasteiger partial charge on any atom is -0.395 e. The van der Waals surface area contributed by atoms with Crippen LogP contribution >= 0.6 is 0 Å². The van der Waals surface area contributed by atoms with E-state index in [1.54, 1.807) is 6.92 Å². The molecule has 0 spiro atoms. The van der Waals surface area contributed by atoms with E-state index in [0.717, 1.165) is 0 Å². The summed E-state index contributed by atoms with van der Waals surface area (Å²) in [6.07, 6.45) is 0.646. The second kappa shape index (κ2) is 5.57. The fraction of sp³-hybridized carbons (Fsp3) is 1.00. The van der Waals surface area contributed by atoms with E-state index in [1.807, 2.05) is 13.8 Å². The first kappa shape index (κ1) is 12.9. The zero-order valence-electron chi connectivity index (χ0n) is 8.45. The zero-order chi connectivity index (χ0) is 10.5. The van der Waals surface area contributed by atoms with Crippen LogP contribution in [0.4, 0.5) is 0 Å². The molecule has 0 aliphatic carbocycles. The third kappa shape index (κ3) is 6.98. The van der Waals surface area contributed by atoms with Crippen molar-refractivity contribution in [2.24, 2.45) is 5.92 Å². The number of aliphatic hydroxyl groups excluding tert-OH is 1. The van der Waals surface area contributed by atoms with Gasteiger partial charge in [-0.15, -0.1) is 0 Å². The van der Waals surface area contributed by atoms with Crippen LogP contribution in [-0.4, -0.2) is 31.9 Å². The summed E-state index contributed by atoms with van der Waals surface area (Å²) in [7, 11) is -3.20. The number of hydrogen-bond acceptors (Lipinski definition) is 3. The van der Waals surface area contributed by atoms with E-state index in [9.17, 15) is 8.42 Å². The van der Waals surface area contributed by atoms with Gasteiger partial charge in [-0.3, -0.25) is 0 Å². The van der Waals surface area contributed by atoms with Crippen LogP contribution in [0.3, 0.4) is 0 Å². The van der Waals surface area contributed by atoms with Gasteiger partial charge in [0.15, 0.2) is 0 Å². The van der Waals surface area contributed by atoms with Crippen molar-refractivity contribution in [3.8, 4) is 0 Å². The summed E-state index contributed by atoms with van der Waals surface area (Å²) in [5.74, 6) is 0.510. The third-order valence-corrected chi connectivity index (χ3v) is 3.15. The molecule has 0 saturated heterocycles. The van der Waals surface area contributed by atoms with Crippen molar-refractivity contribution in [2.75, 3.05) is 12.4 Å². The van der Waals surface area contributed by atoms with Gasteiger partial charge in [-0.2, -0.15) is 0 Å². The van der Waals surface area contributed by atoms with E-state index < -0.39 is 16.1 Å². The molecule has 5 heteroatoms. The lowest BCUT2D eigenvalue weighted by atomic mass is 10.2. The van der Waals surface area contributed by atoms with Crippen LogP contribution in [0.1, 0.15) is 27.2 Å². The summed E-state index contributed by atoms with van der Waals surface area (Å²) in [6.45, 7) is 5.42. The fourth-order valence-electron chi connectivity index (χ4n) is 0.794. The Morgan fingerprint density at radius 1 is 1.31 bits per heavy atom. The Labute approximate surface area is 80.4 Å². The Balaban J connectivity index is 3.95. The molecule has 0 aromatic rings. The highest BCUT2D eigenvalue weighted by molar-refractivity contribution is 7.89. The number of nitrogens with one attached hydrogen (secondary N) is 1. The Morgan fingerprint density at radius 3 is 2.23 bits per heavy atom. The van der Waals surface area contributed by atoms with Gasteiger partial charge in [0, 0.05) is 6.04 Å². The highest BCUT2D eigenvalue weighted by Crippen LogP contribution is 2.02. The zero-order valence-corrected chi connectivity index (χ0v) is 9.26. The Kier molecular flexibility index (Phi) is 5.51. The van der Waals surface area contributed by atoms with Crippen molar-refractivity contribution in [1.29, 1.82) is 0 Å². The molecule has 80 valence electrons. The fourth-order valence-corrected chi connectivity index (χ4v) is 2.38. The van der Waals surface area contributed by atoms with E-state index >= 15 is 0 Å². The Bertz CT molecular complexity index is 224. The van der Waals surface area contributed by atoms with Crippen LogP contribution in [-0.2, 0) is 10.0 Å². The summed E-state index contributed by atoms with van der Waals surface area (Å²) in [4.78, 5) is 0. The monoisotopic (exact) mass is 209 g/mol. The lowest BCUT2D eigenvalue weighted by Gasteiger charge is -2.12. The van der Waals surface area contributed by atoms with Crippen molar-refractivity contribution in [3.63, 3.8) is 0 Å². The molecule has 0 radical (unpaired) electrons. The summed E-state index contributed by atoms with van der Waals surface area (Å²) < 4.78 is 24.9. The minimum absolute atomic E-state index is 0.134. The van der Waals surface area contributed by atoms with E-state index in [1.165, 1.54) is 0 Å². The molecule has 0 aliphatic rings. The molecule has 0 fully saturated rings. The molecule has 0 aromatic heterocycles. The third-order valence-electron chi connectivity index (χ3n) is 1.62. The van der Waals surface area contributed by atoms with Gasteiger partial charge < -0.3 is 5.11 Å². The second-order valence-electron chi connectivity index (χ2n) is 3.70. The van der Waals surface area contributed by atoms with Crippen molar-refractivity contribution < 1.29 is 13.5 Å². The van der Waals surface area contributed by atoms with Crippen molar-refractivity contribution >= 4 is 10.0 Å². The average molecular weight is 209 g/mol. The molecule has 0 rings (SSSR count). The summed E-state index contributed by atoms with van der Waals surface area (Å²) in [5.41, 5.74) is 0. The number of hydrogen-bond donors (Lipinski definition) is 2. The molecule has 0 saturated carbocycles. The largest absolute Gasteiger partial charge is 0.395 e. The molecule has 2 N–H and O–H groups in total. The van der Waals surface area contributed by atoms with E-state index in [0.29, 0.717) is 12.3 Å². The van der Waals surface area contributed by atoms with Crippen molar-refractivity contribution in [1.82, 2.24) is 4.72 Å². The van der Waals surface area contributed by atoms with Gasteiger partial charge in [-0.1, -0.05) is 13.8 Å². The van der Waals surface area contributed by atoms with E-state index in [4.69, 9.17) is 5.11 Å². The van der Waals surface area contributed by atoms with E-state index in [-0.39, 0.29) is 12.4 Å². The normalized spacial score (nSPS) is 14.8. The van der Waals surface area contributed by atoms with Crippen LogP contribution in [0.2, 0.25) is 0 Å². The van der Waals surface area contributed by atoms with Crippen LogP contribution in [0.25, 0.3) is 0 Å². The molecule has 0 amide bonds. The van der Waals surface area contributed by atoms with Crippen LogP contribution in [0, 0.1) is 5.92 Å². The molecule has 1 atom stereocenters. The molecular formula is C8H19NO3S. The summed E-state index contributed by atoms with van der Waals surface area (Å²) >= 11 is 0. The second-order valence-corrected chi connectivity index (χ2v) is 5.58. The molecule has 4 nitrogen and oxygen atoms in total. The Morgan fingerprint density at radius 2 is 1.85 bits per heavy atom. The van der Waals surface area contributed by atoms with Crippen molar-refractivity contribution in [2.45, 2.75) is 33.2 Å². The quantitative estimate of drug-likeness (QED) is 0.662. The summed E-state index contributed by atoms with van der Waals surface area (Å²) in [6, 6.07) is -0.392.